The molecule has 0 spiro atoms. The highest BCUT2D eigenvalue weighted by atomic mass is 35.5. The second kappa shape index (κ2) is 10.4. The smallest absolute Gasteiger partial charge is 0.414 e. The van der Waals surface area contributed by atoms with Gasteiger partial charge in [-0.15, -0.1) is 23.7 Å². The third-order valence-corrected chi connectivity index (χ3v) is 4.76. The number of nitrogens with zero attached hydrogens (tertiary/aromatic N) is 2. The fraction of sp³-hybridized carbons (Fsp3) is 0.421. The zero-order valence-corrected chi connectivity index (χ0v) is 17.5. The average Bonchev–Trinajstić information content (AvgIpc) is 2.97. The maximum Gasteiger partial charge on any atom is 0.414 e. The highest BCUT2D eigenvalue weighted by Crippen LogP contribution is 2.26. The Morgan fingerprint density at radius 2 is 1.81 bits per heavy atom. The molecule has 1 aromatic carbocycles. The molecule has 1 heterocycles. The van der Waals surface area contributed by atoms with Gasteiger partial charge in [-0.3, -0.25) is 0 Å². The fourth-order valence-electron chi connectivity index (χ4n) is 2.42. The second-order valence-electron chi connectivity index (χ2n) is 6.39. The molecule has 2 rings (SSSR count). The van der Waals surface area contributed by atoms with Crippen LogP contribution in [-0.2, 0) is 0 Å². The Hall–Kier alpha value is -1.76. The molecule has 0 radical (unpaired) electrons. The van der Waals surface area contributed by atoms with E-state index in [1.54, 1.807) is 25.4 Å². The van der Waals surface area contributed by atoms with Gasteiger partial charge in [0.15, 0.2) is 5.06 Å². The second-order valence-corrected chi connectivity index (χ2v) is 7.26. The molecule has 1 unspecified atom stereocenters. The van der Waals surface area contributed by atoms with Crippen LogP contribution < -0.4 is 9.47 Å². The van der Waals surface area contributed by atoms with E-state index in [1.807, 2.05) is 24.3 Å². The molecular formula is C19H27ClN2O3S. The van der Waals surface area contributed by atoms with E-state index in [0.717, 1.165) is 11.5 Å². The lowest BCUT2D eigenvalue weighted by atomic mass is 10.0. The van der Waals surface area contributed by atoms with E-state index in [9.17, 15) is 4.79 Å². The Morgan fingerprint density at radius 3 is 2.31 bits per heavy atom. The summed E-state index contributed by atoms with van der Waals surface area (Å²) in [5.41, 5.74) is 2.40. The molecule has 0 N–H and O–H groups in total. The Bertz CT molecular complexity index is 686. The number of carbonyl (C=O) groups is 1. The van der Waals surface area contributed by atoms with E-state index in [4.69, 9.17) is 9.47 Å². The molecule has 0 saturated heterocycles. The SMILES string of the molecule is Cc1csc(OCCC(c2ccc(OC(=O)N(C)C)cc2)N(C)C)c1.Cl. The van der Waals surface area contributed by atoms with Crippen molar-refractivity contribution in [2.45, 2.75) is 19.4 Å². The number of amides is 1. The largest absolute Gasteiger partial charge is 0.484 e. The predicted octanol–water partition coefficient (Wildman–Crippen LogP) is 4.61. The molecule has 7 heteroatoms. The fourth-order valence-corrected chi connectivity index (χ4v) is 3.20. The van der Waals surface area contributed by atoms with E-state index in [2.05, 4.69) is 37.4 Å². The predicted molar refractivity (Wildman–Crippen MR) is 109 cm³/mol. The Kier molecular flexibility index (Phi) is 8.92. The summed E-state index contributed by atoms with van der Waals surface area (Å²) in [6.45, 7) is 2.72. The molecule has 0 fully saturated rings. The lowest BCUT2D eigenvalue weighted by molar-refractivity contribution is 0.172. The van der Waals surface area contributed by atoms with Crippen LogP contribution in [-0.4, -0.2) is 50.7 Å². The van der Waals surface area contributed by atoms with Crippen LogP contribution in [0.3, 0.4) is 0 Å². The Labute approximate surface area is 165 Å². The van der Waals surface area contributed by atoms with Crippen molar-refractivity contribution in [3.8, 4) is 10.8 Å². The van der Waals surface area contributed by atoms with Crippen LogP contribution in [0.1, 0.15) is 23.6 Å². The molecule has 0 aliphatic rings. The van der Waals surface area contributed by atoms with Crippen molar-refractivity contribution in [3.05, 3.63) is 46.8 Å². The molecular weight excluding hydrogens is 372 g/mol. The summed E-state index contributed by atoms with van der Waals surface area (Å²) < 4.78 is 11.1. The van der Waals surface area contributed by atoms with Gasteiger partial charge in [0.25, 0.3) is 0 Å². The lowest BCUT2D eigenvalue weighted by Gasteiger charge is -2.25. The lowest BCUT2D eigenvalue weighted by Crippen LogP contribution is -2.25. The molecule has 1 amide bonds. The van der Waals surface area contributed by atoms with E-state index in [-0.39, 0.29) is 24.5 Å². The molecule has 0 bridgehead atoms. The van der Waals surface area contributed by atoms with Crippen LogP contribution in [0.25, 0.3) is 0 Å². The number of aryl methyl sites for hydroxylation is 1. The molecule has 0 aliphatic heterocycles. The van der Waals surface area contributed by atoms with Crippen molar-refractivity contribution in [2.24, 2.45) is 0 Å². The molecule has 1 aromatic heterocycles. The van der Waals surface area contributed by atoms with Gasteiger partial charge in [-0.05, 0) is 55.7 Å². The zero-order valence-electron chi connectivity index (χ0n) is 15.9. The topological polar surface area (TPSA) is 42.0 Å². The third kappa shape index (κ3) is 6.52. The van der Waals surface area contributed by atoms with Crippen molar-refractivity contribution >= 4 is 29.8 Å². The summed E-state index contributed by atoms with van der Waals surface area (Å²) >= 11 is 1.63. The molecule has 0 aliphatic carbocycles. The van der Waals surface area contributed by atoms with Crippen LogP contribution in [0.4, 0.5) is 4.79 Å². The quantitative estimate of drug-likeness (QED) is 0.682. The first-order chi connectivity index (χ1) is 11.9. The van der Waals surface area contributed by atoms with Crippen LogP contribution in [0.2, 0.25) is 0 Å². The number of rotatable bonds is 7. The summed E-state index contributed by atoms with van der Waals surface area (Å²) in [5, 5.41) is 3.05. The first-order valence-corrected chi connectivity index (χ1v) is 9.08. The Morgan fingerprint density at radius 1 is 1.15 bits per heavy atom. The summed E-state index contributed by atoms with van der Waals surface area (Å²) in [4.78, 5) is 15.2. The summed E-state index contributed by atoms with van der Waals surface area (Å²) in [7, 11) is 7.43. The van der Waals surface area contributed by atoms with Gasteiger partial charge in [0.05, 0.1) is 6.61 Å². The summed E-state index contributed by atoms with van der Waals surface area (Å²) in [5.74, 6) is 0.547. The highest BCUT2D eigenvalue weighted by molar-refractivity contribution is 7.12. The molecule has 2 aromatic rings. The Balaban J connectivity index is 0.00000338. The van der Waals surface area contributed by atoms with Crippen molar-refractivity contribution < 1.29 is 14.3 Å². The number of hydrogen-bond acceptors (Lipinski definition) is 5. The standard InChI is InChI=1S/C19H26N2O3S.ClH/c1-14-12-18(25-13-14)23-11-10-17(20(2)3)15-6-8-16(9-7-15)24-19(22)21(4)5;/h6-9,12-13,17H,10-11H2,1-5H3;1H. The maximum atomic E-state index is 11.6. The van der Waals surface area contributed by atoms with Crippen LogP contribution in [0.15, 0.2) is 35.7 Å². The van der Waals surface area contributed by atoms with Gasteiger partial charge in [-0.2, -0.15) is 0 Å². The van der Waals surface area contributed by atoms with Gasteiger partial charge >= 0.3 is 6.09 Å². The van der Waals surface area contributed by atoms with Crippen LogP contribution >= 0.6 is 23.7 Å². The first-order valence-electron chi connectivity index (χ1n) is 8.20. The minimum absolute atomic E-state index is 0. The van der Waals surface area contributed by atoms with Gasteiger partial charge in [0.2, 0.25) is 0 Å². The van der Waals surface area contributed by atoms with E-state index in [0.29, 0.717) is 12.4 Å². The van der Waals surface area contributed by atoms with Crippen molar-refractivity contribution in [2.75, 3.05) is 34.8 Å². The van der Waals surface area contributed by atoms with E-state index in [1.165, 1.54) is 16.0 Å². The maximum absolute atomic E-state index is 11.6. The molecule has 0 saturated carbocycles. The number of halogens is 1. The number of ether oxygens (including phenoxy) is 2. The van der Waals surface area contributed by atoms with Crippen LogP contribution in [0.5, 0.6) is 10.8 Å². The number of thiophene rings is 1. The normalized spacial score (nSPS) is 11.6. The zero-order chi connectivity index (χ0) is 18.4. The van der Waals surface area contributed by atoms with Gasteiger partial charge < -0.3 is 19.3 Å². The first kappa shape index (κ1) is 22.3. The van der Waals surface area contributed by atoms with Gasteiger partial charge in [0, 0.05) is 26.6 Å². The molecule has 5 nitrogen and oxygen atoms in total. The molecule has 26 heavy (non-hydrogen) atoms. The average molecular weight is 399 g/mol. The molecule has 144 valence electrons. The molecule has 1 atom stereocenters. The van der Waals surface area contributed by atoms with Crippen molar-refractivity contribution in [1.82, 2.24) is 9.80 Å². The highest BCUT2D eigenvalue weighted by Gasteiger charge is 2.15. The number of hydrogen-bond donors (Lipinski definition) is 0. The van der Waals surface area contributed by atoms with Gasteiger partial charge in [-0.25, -0.2) is 4.79 Å². The summed E-state index contributed by atoms with van der Waals surface area (Å²) in [6.07, 6.45) is 0.498. The van der Waals surface area contributed by atoms with Crippen molar-refractivity contribution in [3.63, 3.8) is 0 Å². The van der Waals surface area contributed by atoms with Gasteiger partial charge in [-0.1, -0.05) is 12.1 Å². The summed E-state index contributed by atoms with van der Waals surface area (Å²) in [6, 6.07) is 9.95. The van der Waals surface area contributed by atoms with Crippen LogP contribution in [0, 0.1) is 6.92 Å². The minimum atomic E-state index is -0.378. The van der Waals surface area contributed by atoms with E-state index < -0.39 is 0 Å². The number of benzene rings is 1. The van der Waals surface area contributed by atoms with Gasteiger partial charge in [0.1, 0.15) is 5.75 Å². The monoisotopic (exact) mass is 398 g/mol. The van der Waals surface area contributed by atoms with E-state index >= 15 is 0 Å². The number of carbonyl (C=O) groups excluding carboxylic acids is 1. The minimum Gasteiger partial charge on any atom is -0.484 e. The third-order valence-electron chi connectivity index (χ3n) is 3.80. The van der Waals surface area contributed by atoms with Crippen molar-refractivity contribution in [1.29, 1.82) is 0 Å².